The van der Waals surface area contributed by atoms with E-state index in [4.69, 9.17) is 32.7 Å². The van der Waals surface area contributed by atoms with Crippen LogP contribution in [0, 0.1) is 0 Å². The summed E-state index contributed by atoms with van der Waals surface area (Å²) in [4.78, 5) is 39.4. The van der Waals surface area contributed by atoms with E-state index in [2.05, 4.69) is 20.8 Å². The van der Waals surface area contributed by atoms with Crippen LogP contribution in [-0.4, -0.2) is 51.0 Å². The van der Waals surface area contributed by atoms with Gasteiger partial charge in [-0.05, 0) is 63.3 Å². The number of aromatic nitrogens is 3. The Hall–Kier alpha value is -2.80. The van der Waals surface area contributed by atoms with Crippen LogP contribution in [0.3, 0.4) is 0 Å². The lowest BCUT2D eigenvalue weighted by molar-refractivity contribution is -0.123. The number of thioether (sulfide) groups is 1. The second-order valence-corrected chi connectivity index (χ2v) is 12.6. The lowest BCUT2D eigenvalue weighted by Crippen LogP contribution is -2.29. The number of hydrogen-bond acceptors (Lipinski definition) is 9. The molecule has 1 unspecified atom stereocenters. The first kappa shape index (κ1) is 31.1. The van der Waals surface area contributed by atoms with Gasteiger partial charge in [-0.15, -0.1) is 21.5 Å². The molecule has 0 fully saturated rings. The Morgan fingerprint density at radius 1 is 1.17 bits per heavy atom. The molecule has 3 aromatic rings. The van der Waals surface area contributed by atoms with Crippen molar-refractivity contribution in [3.05, 3.63) is 50.1 Å². The molecule has 2 N–H and O–H groups in total. The van der Waals surface area contributed by atoms with E-state index in [1.165, 1.54) is 29.2 Å². The lowest BCUT2D eigenvalue weighted by atomic mass is 10.1. The number of anilines is 1. The van der Waals surface area contributed by atoms with Gasteiger partial charge in [-0.2, -0.15) is 0 Å². The second kappa shape index (κ2) is 14.4. The molecule has 2 aromatic heterocycles. The molecule has 0 aliphatic heterocycles. The number of carbonyl (C=O) groups excluding carboxylic acids is 3. The molecule has 0 saturated heterocycles. The quantitative estimate of drug-likeness (QED) is 0.161. The van der Waals surface area contributed by atoms with Gasteiger partial charge >= 0.3 is 5.97 Å². The van der Waals surface area contributed by atoms with E-state index in [1.807, 2.05) is 0 Å². The smallest absolute Gasteiger partial charge is 0.341 e. The molecule has 1 aliphatic rings. The Morgan fingerprint density at radius 2 is 1.95 bits per heavy atom. The van der Waals surface area contributed by atoms with E-state index < -0.39 is 11.2 Å². The van der Waals surface area contributed by atoms with Gasteiger partial charge in [-0.3, -0.25) is 9.59 Å². The zero-order chi connectivity index (χ0) is 29.5. The van der Waals surface area contributed by atoms with Gasteiger partial charge in [-0.1, -0.05) is 41.4 Å². The molecule has 0 saturated carbocycles. The standard InChI is InChI=1S/C27H31Cl2N5O5S2/c1-4-38-26(37)23-17-8-6-5-7-9-20(17)41-25(23)31-24(36)15(2)40-27-33-32-21(34(27)3)13-30-22(35)14-39-19-11-10-16(28)12-18(19)29/h10-12,15H,4-9,13-14H2,1-3H3,(H,30,35)(H,31,36). The minimum absolute atomic E-state index is 0.116. The van der Waals surface area contributed by atoms with Gasteiger partial charge in [0.1, 0.15) is 10.8 Å². The zero-order valence-electron chi connectivity index (χ0n) is 22.9. The SMILES string of the molecule is CCOC(=O)c1c(NC(=O)C(C)Sc2nnc(CNC(=O)COc3ccc(Cl)cc3Cl)n2C)sc2c1CCCCC2. The Labute approximate surface area is 256 Å². The van der Waals surface area contributed by atoms with Gasteiger partial charge in [-0.25, -0.2) is 4.79 Å². The number of nitrogens with one attached hydrogen (secondary N) is 2. The highest BCUT2D eigenvalue weighted by molar-refractivity contribution is 8.00. The molecule has 1 aromatic carbocycles. The van der Waals surface area contributed by atoms with Gasteiger partial charge in [0.2, 0.25) is 5.91 Å². The third-order valence-electron chi connectivity index (χ3n) is 6.41. The summed E-state index contributed by atoms with van der Waals surface area (Å²) in [6.07, 6.45) is 4.89. The summed E-state index contributed by atoms with van der Waals surface area (Å²) in [5.41, 5.74) is 1.49. The Balaban J connectivity index is 1.34. The first-order chi connectivity index (χ1) is 19.7. The van der Waals surface area contributed by atoms with Crippen molar-refractivity contribution in [1.82, 2.24) is 20.1 Å². The largest absolute Gasteiger partial charge is 0.482 e. The van der Waals surface area contributed by atoms with E-state index in [1.54, 1.807) is 37.6 Å². The van der Waals surface area contributed by atoms with Gasteiger partial charge in [0.15, 0.2) is 17.6 Å². The van der Waals surface area contributed by atoms with Crippen molar-refractivity contribution in [2.75, 3.05) is 18.5 Å². The first-order valence-corrected chi connectivity index (χ1v) is 15.6. The van der Waals surface area contributed by atoms with Crippen LogP contribution in [0.2, 0.25) is 10.0 Å². The van der Waals surface area contributed by atoms with E-state index in [0.717, 1.165) is 42.5 Å². The summed E-state index contributed by atoms with van der Waals surface area (Å²) in [5, 5.41) is 15.3. The Bertz CT molecular complexity index is 1430. The van der Waals surface area contributed by atoms with Crippen LogP contribution >= 0.6 is 46.3 Å². The van der Waals surface area contributed by atoms with Crippen molar-refractivity contribution in [3.8, 4) is 5.75 Å². The van der Waals surface area contributed by atoms with Gasteiger partial charge in [0.25, 0.3) is 5.91 Å². The van der Waals surface area contributed by atoms with Crippen molar-refractivity contribution in [1.29, 1.82) is 0 Å². The molecule has 0 bridgehead atoms. The fourth-order valence-electron chi connectivity index (χ4n) is 4.24. The predicted octanol–water partition coefficient (Wildman–Crippen LogP) is 5.44. The zero-order valence-corrected chi connectivity index (χ0v) is 26.1. The van der Waals surface area contributed by atoms with Gasteiger partial charge < -0.3 is 24.7 Å². The summed E-state index contributed by atoms with van der Waals surface area (Å²) in [7, 11) is 1.76. The summed E-state index contributed by atoms with van der Waals surface area (Å²) in [6.45, 7) is 3.67. The third-order valence-corrected chi connectivity index (χ3v) is 9.28. The molecule has 1 atom stereocenters. The maximum absolute atomic E-state index is 13.2. The fourth-order valence-corrected chi connectivity index (χ4v) is 6.82. The van der Waals surface area contributed by atoms with E-state index in [9.17, 15) is 14.4 Å². The van der Waals surface area contributed by atoms with Crippen molar-refractivity contribution in [2.45, 2.75) is 62.9 Å². The Kier molecular flexibility index (Phi) is 10.9. The molecule has 4 rings (SSSR count). The highest BCUT2D eigenvalue weighted by Gasteiger charge is 2.28. The van der Waals surface area contributed by atoms with Gasteiger partial charge in [0.05, 0.1) is 29.0 Å². The summed E-state index contributed by atoms with van der Waals surface area (Å²) >= 11 is 14.6. The molecule has 0 spiro atoms. The molecule has 0 radical (unpaired) electrons. The number of nitrogens with zero attached hydrogens (tertiary/aromatic N) is 3. The topological polar surface area (TPSA) is 124 Å². The van der Waals surface area contributed by atoms with E-state index in [0.29, 0.717) is 37.3 Å². The number of carbonyl (C=O) groups is 3. The number of thiophene rings is 1. The highest BCUT2D eigenvalue weighted by atomic mass is 35.5. The second-order valence-electron chi connectivity index (χ2n) is 9.34. The van der Waals surface area contributed by atoms with Crippen LogP contribution < -0.4 is 15.4 Å². The maximum atomic E-state index is 13.2. The number of halogens is 2. The number of rotatable bonds is 11. The van der Waals surface area contributed by atoms with Crippen LogP contribution in [0.1, 0.15) is 59.7 Å². The predicted molar refractivity (Wildman–Crippen MR) is 160 cm³/mol. The fraction of sp³-hybridized carbons (Fsp3) is 0.444. The first-order valence-electron chi connectivity index (χ1n) is 13.2. The molecule has 14 heteroatoms. The number of amides is 2. The molecular weight excluding hydrogens is 609 g/mol. The molecule has 2 heterocycles. The van der Waals surface area contributed by atoms with Crippen LogP contribution in [0.4, 0.5) is 5.00 Å². The van der Waals surface area contributed by atoms with Crippen molar-refractivity contribution in [3.63, 3.8) is 0 Å². The molecule has 10 nitrogen and oxygen atoms in total. The van der Waals surface area contributed by atoms with Crippen LogP contribution in [0.5, 0.6) is 5.75 Å². The van der Waals surface area contributed by atoms with Crippen LogP contribution in [-0.2, 0) is 40.8 Å². The minimum atomic E-state index is -0.533. The summed E-state index contributed by atoms with van der Waals surface area (Å²) < 4.78 is 12.5. The average Bonchev–Trinajstić information content (AvgIpc) is 3.36. The third kappa shape index (κ3) is 7.94. The maximum Gasteiger partial charge on any atom is 0.341 e. The number of hydrogen-bond donors (Lipinski definition) is 2. The summed E-state index contributed by atoms with van der Waals surface area (Å²) in [5.74, 6) is -0.169. The number of esters is 1. The lowest BCUT2D eigenvalue weighted by Gasteiger charge is -2.13. The number of fused-ring (bicyclic) bond motifs is 1. The number of aryl methyl sites for hydroxylation is 1. The molecule has 41 heavy (non-hydrogen) atoms. The highest BCUT2D eigenvalue weighted by Crippen LogP contribution is 2.38. The number of benzene rings is 1. The summed E-state index contributed by atoms with van der Waals surface area (Å²) in [6, 6.07) is 4.74. The molecular formula is C27H31Cl2N5O5S2. The van der Waals surface area contributed by atoms with Crippen LogP contribution in [0.25, 0.3) is 0 Å². The molecule has 2 amide bonds. The van der Waals surface area contributed by atoms with E-state index >= 15 is 0 Å². The van der Waals surface area contributed by atoms with Crippen LogP contribution in [0.15, 0.2) is 23.4 Å². The average molecular weight is 641 g/mol. The molecule has 1 aliphatic carbocycles. The monoisotopic (exact) mass is 639 g/mol. The minimum Gasteiger partial charge on any atom is -0.482 e. The molecule has 220 valence electrons. The van der Waals surface area contributed by atoms with Crippen molar-refractivity contribution < 1.29 is 23.9 Å². The van der Waals surface area contributed by atoms with Gasteiger partial charge in [0, 0.05) is 16.9 Å². The van der Waals surface area contributed by atoms with Crippen molar-refractivity contribution >= 4 is 69.1 Å². The van der Waals surface area contributed by atoms with E-state index in [-0.39, 0.29) is 31.6 Å². The normalized spacial score (nSPS) is 13.6. The Morgan fingerprint density at radius 3 is 2.71 bits per heavy atom. The van der Waals surface area contributed by atoms with Crippen molar-refractivity contribution in [2.24, 2.45) is 7.05 Å². The number of ether oxygens (including phenoxy) is 2.